The van der Waals surface area contributed by atoms with Gasteiger partial charge in [0.1, 0.15) is 0 Å². The Kier molecular flexibility index (Phi) is 3.81. The molecule has 2 atom stereocenters. The number of rotatable bonds is 2. The topological polar surface area (TPSA) is 38.3 Å². The van der Waals surface area contributed by atoms with Crippen LogP contribution >= 0.6 is 11.6 Å². The molecular weight excluding hydrogens is 370 g/mol. The molecule has 1 N–H and O–H groups in total. The molecule has 3 nitrogen and oxygen atoms in total. The molecule has 0 amide bonds. The maximum Gasteiger partial charge on any atom is 0.164 e. The van der Waals surface area contributed by atoms with Crippen LogP contribution in [0.25, 0.3) is 5.70 Å². The van der Waals surface area contributed by atoms with Crippen LogP contribution in [0.5, 0.6) is 0 Å². The lowest BCUT2D eigenvalue weighted by Crippen LogP contribution is -2.52. The standard InChI is InChI=1S/C24H28ClNO2/c25-19-1-2-20-17(10-19)14-23(3-5-28-6-4-23)26-21(20)11-22(27)24-12-15-7-16(13-24)9-18(24)8-15/h1-2,10-11,15-16,18,26H,3-9,12-14H2/b21-11-. The Balaban J connectivity index is 1.39. The fourth-order valence-electron chi connectivity index (χ4n) is 7.38. The van der Waals surface area contributed by atoms with Gasteiger partial charge in [-0.2, -0.15) is 0 Å². The molecule has 148 valence electrons. The fraction of sp³-hybridized carbons (Fsp3) is 0.625. The maximum absolute atomic E-state index is 13.7. The number of carbonyl (C=O) groups is 1. The van der Waals surface area contributed by atoms with Crippen LogP contribution in [-0.2, 0) is 16.0 Å². The highest BCUT2D eigenvalue weighted by Gasteiger charge is 2.60. The van der Waals surface area contributed by atoms with E-state index in [0.29, 0.717) is 11.7 Å². The molecule has 4 heteroatoms. The van der Waals surface area contributed by atoms with Crippen LogP contribution in [0, 0.1) is 23.2 Å². The van der Waals surface area contributed by atoms with Crippen LogP contribution < -0.4 is 5.32 Å². The minimum atomic E-state index is -0.0604. The number of benzene rings is 1. The Labute approximate surface area is 171 Å². The Morgan fingerprint density at radius 1 is 1.14 bits per heavy atom. The number of hydrogen-bond donors (Lipinski definition) is 1. The molecule has 6 aliphatic rings. The van der Waals surface area contributed by atoms with E-state index in [0.717, 1.165) is 73.4 Å². The van der Waals surface area contributed by atoms with E-state index in [4.69, 9.17) is 16.3 Å². The quantitative estimate of drug-likeness (QED) is 0.730. The molecule has 4 bridgehead atoms. The summed E-state index contributed by atoms with van der Waals surface area (Å²) in [6, 6.07) is 6.13. The van der Waals surface area contributed by atoms with Gasteiger partial charge in [-0.05, 0) is 86.8 Å². The molecular formula is C24H28ClNO2. The van der Waals surface area contributed by atoms with Crippen molar-refractivity contribution in [3.8, 4) is 0 Å². The minimum absolute atomic E-state index is 0.00734. The highest BCUT2D eigenvalue weighted by molar-refractivity contribution is 6.30. The van der Waals surface area contributed by atoms with Gasteiger partial charge in [-0.15, -0.1) is 0 Å². The summed E-state index contributed by atoms with van der Waals surface area (Å²) in [5.74, 6) is 2.61. The molecule has 2 unspecified atom stereocenters. The van der Waals surface area contributed by atoms with Crippen molar-refractivity contribution in [3.05, 3.63) is 40.4 Å². The number of allylic oxidation sites excluding steroid dienone is 1. The Bertz CT molecular complexity index is 855. The molecule has 4 saturated carbocycles. The molecule has 1 spiro atoms. The summed E-state index contributed by atoms with van der Waals surface area (Å²) in [5, 5.41) is 4.59. The van der Waals surface area contributed by atoms with Crippen LogP contribution in [0.1, 0.15) is 56.1 Å². The molecule has 0 aromatic heterocycles. The second kappa shape index (κ2) is 6.09. The predicted octanol–water partition coefficient (Wildman–Crippen LogP) is 4.77. The second-order valence-electron chi connectivity index (χ2n) is 10.1. The Morgan fingerprint density at radius 2 is 1.89 bits per heavy atom. The van der Waals surface area contributed by atoms with Gasteiger partial charge >= 0.3 is 0 Å². The highest BCUT2D eigenvalue weighted by atomic mass is 35.5. The lowest BCUT2D eigenvalue weighted by Gasteiger charge is -2.44. The molecule has 2 heterocycles. The van der Waals surface area contributed by atoms with Crippen molar-refractivity contribution in [3.63, 3.8) is 0 Å². The van der Waals surface area contributed by atoms with Gasteiger partial charge in [0.2, 0.25) is 0 Å². The highest BCUT2D eigenvalue weighted by Crippen LogP contribution is 2.66. The van der Waals surface area contributed by atoms with Crippen LogP contribution in [0.2, 0.25) is 5.02 Å². The number of halogens is 1. The van der Waals surface area contributed by atoms with Gasteiger partial charge in [0.05, 0.1) is 0 Å². The van der Waals surface area contributed by atoms with E-state index >= 15 is 0 Å². The van der Waals surface area contributed by atoms with Crippen molar-refractivity contribution in [1.29, 1.82) is 0 Å². The molecule has 1 saturated heterocycles. The van der Waals surface area contributed by atoms with Gasteiger partial charge in [0, 0.05) is 46.5 Å². The molecule has 1 aromatic carbocycles. The lowest BCUT2D eigenvalue weighted by atomic mass is 9.72. The number of nitrogens with one attached hydrogen (secondary N) is 1. The Hall–Kier alpha value is -1.32. The van der Waals surface area contributed by atoms with Crippen molar-refractivity contribution in [2.45, 2.75) is 56.9 Å². The molecule has 2 aliphatic heterocycles. The maximum atomic E-state index is 13.7. The van der Waals surface area contributed by atoms with Crippen LogP contribution in [0.15, 0.2) is 24.3 Å². The third-order valence-corrected chi connectivity index (χ3v) is 8.73. The van der Waals surface area contributed by atoms with Gasteiger partial charge in [-0.25, -0.2) is 0 Å². The van der Waals surface area contributed by atoms with Crippen LogP contribution in [0.3, 0.4) is 0 Å². The van der Waals surface area contributed by atoms with Crippen molar-refractivity contribution in [1.82, 2.24) is 5.32 Å². The van der Waals surface area contributed by atoms with Crippen molar-refractivity contribution < 1.29 is 9.53 Å². The van der Waals surface area contributed by atoms with E-state index in [9.17, 15) is 4.79 Å². The SMILES string of the molecule is O=C(/C=C1\NC2(CCOCC2)Cc2cc(Cl)ccc21)C12CC3CC(CC1C3)C2. The monoisotopic (exact) mass is 397 g/mol. The first kappa shape index (κ1) is 17.5. The third kappa shape index (κ3) is 2.55. The molecule has 5 fully saturated rings. The number of carbonyl (C=O) groups excluding carboxylic acids is 1. The third-order valence-electron chi connectivity index (χ3n) is 8.49. The summed E-state index contributed by atoms with van der Waals surface area (Å²) in [5.41, 5.74) is 3.37. The smallest absolute Gasteiger partial charge is 0.164 e. The van der Waals surface area contributed by atoms with Crippen molar-refractivity contribution in [2.75, 3.05) is 13.2 Å². The zero-order valence-corrected chi connectivity index (χ0v) is 17.1. The van der Waals surface area contributed by atoms with E-state index < -0.39 is 0 Å². The zero-order chi connectivity index (χ0) is 18.9. The first-order valence-electron chi connectivity index (χ1n) is 11.0. The van der Waals surface area contributed by atoms with Crippen LogP contribution in [-0.4, -0.2) is 24.5 Å². The zero-order valence-electron chi connectivity index (χ0n) is 16.3. The van der Waals surface area contributed by atoms with E-state index in [1.54, 1.807) is 0 Å². The number of hydrogen-bond acceptors (Lipinski definition) is 3. The van der Waals surface area contributed by atoms with Crippen LogP contribution in [0.4, 0.5) is 0 Å². The largest absolute Gasteiger partial charge is 0.381 e. The van der Waals surface area contributed by atoms with Crippen molar-refractivity contribution >= 4 is 23.1 Å². The fourth-order valence-corrected chi connectivity index (χ4v) is 7.58. The normalized spacial score (nSPS) is 38.6. The van der Waals surface area contributed by atoms with Gasteiger partial charge < -0.3 is 10.1 Å². The number of ketones is 1. The first-order chi connectivity index (χ1) is 13.6. The Morgan fingerprint density at radius 3 is 2.64 bits per heavy atom. The summed E-state index contributed by atoms with van der Waals surface area (Å²) in [4.78, 5) is 13.7. The summed E-state index contributed by atoms with van der Waals surface area (Å²) in [6.07, 6.45) is 11.1. The summed E-state index contributed by atoms with van der Waals surface area (Å²) in [7, 11) is 0. The molecule has 4 aliphatic carbocycles. The molecule has 0 radical (unpaired) electrons. The van der Waals surface area contributed by atoms with Crippen molar-refractivity contribution in [2.24, 2.45) is 23.2 Å². The van der Waals surface area contributed by atoms with E-state index in [-0.39, 0.29) is 11.0 Å². The van der Waals surface area contributed by atoms with E-state index in [1.165, 1.54) is 24.8 Å². The van der Waals surface area contributed by atoms with Gasteiger partial charge in [-0.3, -0.25) is 4.79 Å². The van der Waals surface area contributed by atoms with Gasteiger partial charge in [0.15, 0.2) is 5.78 Å². The van der Waals surface area contributed by atoms with Gasteiger partial charge in [0.25, 0.3) is 0 Å². The minimum Gasteiger partial charge on any atom is -0.381 e. The summed E-state index contributed by atoms with van der Waals surface area (Å²) >= 11 is 6.32. The van der Waals surface area contributed by atoms with E-state index in [1.807, 2.05) is 12.1 Å². The summed E-state index contributed by atoms with van der Waals surface area (Å²) < 4.78 is 5.63. The first-order valence-corrected chi connectivity index (χ1v) is 11.3. The second-order valence-corrected chi connectivity index (χ2v) is 10.6. The predicted molar refractivity (Wildman–Crippen MR) is 110 cm³/mol. The van der Waals surface area contributed by atoms with E-state index in [2.05, 4.69) is 17.4 Å². The molecule has 1 aromatic rings. The summed E-state index contributed by atoms with van der Waals surface area (Å²) in [6.45, 7) is 1.55. The average Bonchev–Trinajstić information content (AvgIpc) is 3.07. The average molecular weight is 398 g/mol. The number of fused-ring (bicyclic) bond motifs is 1. The molecule has 7 rings (SSSR count). The number of ether oxygens (including phenoxy) is 1. The van der Waals surface area contributed by atoms with Gasteiger partial charge in [-0.1, -0.05) is 17.7 Å². The lowest BCUT2D eigenvalue weighted by molar-refractivity contribution is -0.125. The molecule has 28 heavy (non-hydrogen) atoms.